The molecule has 19 heteroatoms. The van der Waals surface area contributed by atoms with Crippen molar-refractivity contribution in [1.82, 2.24) is 21.3 Å². The second-order valence-electron chi connectivity index (χ2n) is 13.4. The molecule has 0 aliphatic rings. The molecule has 0 aromatic carbocycles. The number of carbonyl (C=O) groups excluding carboxylic acids is 5. The number of nitrogens with two attached hydrogens (primary N) is 7. The van der Waals surface area contributed by atoms with Crippen LogP contribution >= 0.6 is 0 Å². The van der Waals surface area contributed by atoms with E-state index in [2.05, 4.69) is 43.2 Å². The van der Waals surface area contributed by atoms with Gasteiger partial charge in [-0.3, -0.25) is 38.9 Å². The lowest BCUT2D eigenvalue weighted by Gasteiger charge is -2.25. The standard InChI is InChI=1S/C35H70N14O5/c1-2-3-4-5-6-7-8-9-10-11-12-19-28(50)43-24-20-29(51)47-26(17-14-22-45-34(39)40)31(53)49-27(18-15-23-46-35(41)42)32(54)48-25(30(36)52)16-13-21-44-33(37)38/h25-27H,2-24H2,1H3,(H2,36,52)(H,43,50)(H,47,51)(H,48,54)(H,49,53)(H4,37,38,44)(H4,39,40,45)(H4,41,42,46)/t25-,26-,27-/m0/s1. The summed E-state index contributed by atoms with van der Waals surface area (Å²) in [7, 11) is 0. The van der Waals surface area contributed by atoms with E-state index in [9.17, 15) is 24.0 Å². The molecule has 0 fully saturated rings. The first-order valence-electron chi connectivity index (χ1n) is 19.4. The summed E-state index contributed by atoms with van der Waals surface area (Å²) in [6.45, 7) is 2.89. The van der Waals surface area contributed by atoms with E-state index in [1.54, 1.807) is 0 Å². The molecule has 5 amide bonds. The van der Waals surface area contributed by atoms with Gasteiger partial charge < -0.3 is 61.4 Å². The Morgan fingerprint density at radius 3 is 1.28 bits per heavy atom. The zero-order valence-corrected chi connectivity index (χ0v) is 32.4. The number of unbranched alkanes of at least 4 members (excludes halogenated alkanes) is 10. The molecule has 0 aliphatic carbocycles. The largest absolute Gasteiger partial charge is 0.370 e. The van der Waals surface area contributed by atoms with E-state index < -0.39 is 41.8 Å². The molecule has 0 radical (unpaired) electrons. The molecule has 0 aliphatic heterocycles. The van der Waals surface area contributed by atoms with Crippen molar-refractivity contribution in [1.29, 1.82) is 0 Å². The van der Waals surface area contributed by atoms with Gasteiger partial charge in [0.2, 0.25) is 29.5 Å². The van der Waals surface area contributed by atoms with E-state index in [1.807, 2.05) is 0 Å². The lowest BCUT2D eigenvalue weighted by molar-refractivity contribution is -0.133. The second kappa shape index (κ2) is 31.7. The Bertz CT molecular complexity index is 1180. The van der Waals surface area contributed by atoms with Gasteiger partial charge in [-0.15, -0.1) is 0 Å². The summed E-state index contributed by atoms with van der Waals surface area (Å²) >= 11 is 0. The van der Waals surface area contributed by atoms with Crippen LogP contribution in [0.2, 0.25) is 0 Å². The second-order valence-corrected chi connectivity index (χ2v) is 13.4. The molecule has 310 valence electrons. The first kappa shape index (κ1) is 49.2. The number of guanidine groups is 3. The van der Waals surface area contributed by atoms with Gasteiger partial charge in [-0.2, -0.15) is 0 Å². The molecule has 0 spiro atoms. The molecule has 0 heterocycles. The number of rotatable bonds is 33. The van der Waals surface area contributed by atoms with Crippen molar-refractivity contribution in [2.45, 2.75) is 147 Å². The van der Waals surface area contributed by atoms with Gasteiger partial charge in [0, 0.05) is 39.0 Å². The SMILES string of the molecule is CCCCCCCCCCCCCC(=O)NCCC(=O)N[C@@H](CCCN=C(N)N)C(=O)N[C@@H](CCCN=C(N)N)C(=O)N[C@@H](CCCN=C(N)N)C(N)=O. The Balaban J connectivity index is 5.24. The summed E-state index contributed by atoms with van der Waals surface area (Å²) in [5.74, 6) is -3.09. The van der Waals surface area contributed by atoms with Gasteiger partial charge in [-0.05, 0) is 44.9 Å². The van der Waals surface area contributed by atoms with E-state index >= 15 is 0 Å². The van der Waals surface area contributed by atoms with Crippen LogP contribution in [0.25, 0.3) is 0 Å². The first-order valence-corrected chi connectivity index (χ1v) is 19.4. The Hall–Kier alpha value is -4.84. The molecule has 0 saturated heterocycles. The zero-order valence-electron chi connectivity index (χ0n) is 32.4. The number of carbonyl (C=O) groups is 5. The molecule has 0 unspecified atom stereocenters. The molecule has 0 saturated carbocycles. The fourth-order valence-electron chi connectivity index (χ4n) is 5.50. The number of nitrogens with one attached hydrogen (secondary N) is 4. The Morgan fingerprint density at radius 1 is 0.463 bits per heavy atom. The monoisotopic (exact) mass is 767 g/mol. The molecule has 0 aromatic rings. The van der Waals surface area contributed by atoms with Crippen molar-refractivity contribution in [3.8, 4) is 0 Å². The fraction of sp³-hybridized carbons (Fsp3) is 0.771. The van der Waals surface area contributed by atoms with E-state index in [-0.39, 0.29) is 75.6 Å². The van der Waals surface area contributed by atoms with E-state index in [0.29, 0.717) is 25.7 Å². The van der Waals surface area contributed by atoms with Crippen molar-refractivity contribution >= 4 is 47.4 Å². The van der Waals surface area contributed by atoms with Crippen LogP contribution in [0.5, 0.6) is 0 Å². The van der Waals surface area contributed by atoms with Crippen molar-refractivity contribution in [2.75, 3.05) is 26.2 Å². The molecular weight excluding hydrogens is 696 g/mol. The minimum Gasteiger partial charge on any atom is -0.370 e. The lowest BCUT2D eigenvalue weighted by Crippen LogP contribution is -2.56. The molecule has 0 rings (SSSR count). The van der Waals surface area contributed by atoms with Gasteiger partial charge in [0.05, 0.1) is 0 Å². The smallest absolute Gasteiger partial charge is 0.243 e. The maximum absolute atomic E-state index is 13.6. The fourth-order valence-corrected chi connectivity index (χ4v) is 5.50. The number of primary amides is 1. The third-order valence-corrected chi connectivity index (χ3v) is 8.46. The number of hydrogen-bond donors (Lipinski definition) is 11. The van der Waals surface area contributed by atoms with Gasteiger partial charge in [0.25, 0.3) is 0 Å². The Kier molecular flexibility index (Phi) is 28.8. The zero-order chi connectivity index (χ0) is 40.6. The molecular formula is C35H70N14O5. The Morgan fingerprint density at radius 2 is 0.852 bits per heavy atom. The van der Waals surface area contributed by atoms with Crippen LogP contribution in [0.4, 0.5) is 0 Å². The van der Waals surface area contributed by atoms with Gasteiger partial charge in [0.1, 0.15) is 18.1 Å². The summed E-state index contributed by atoms with van der Waals surface area (Å²) in [6.07, 6.45) is 14.7. The highest BCUT2D eigenvalue weighted by Crippen LogP contribution is 2.12. The average molecular weight is 767 g/mol. The molecule has 3 atom stereocenters. The van der Waals surface area contributed by atoms with Crippen LogP contribution in [0, 0.1) is 0 Å². The normalized spacial score (nSPS) is 12.3. The van der Waals surface area contributed by atoms with Crippen molar-refractivity contribution in [2.24, 2.45) is 55.1 Å². The molecule has 54 heavy (non-hydrogen) atoms. The number of amides is 5. The predicted molar refractivity (Wildman–Crippen MR) is 213 cm³/mol. The molecule has 0 bridgehead atoms. The third kappa shape index (κ3) is 28.7. The first-order chi connectivity index (χ1) is 25.8. The van der Waals surface area contributed by atoms with Crippen LogP contribution in [-0.4, -0.2) is 91.7 Å². The van der Waals surface area contributed by atoms with Crippen LogP contribution in [0.15, 0.2) is 15.0 Å². The van der Waals surface area contributed by atoms with Crippen molar-refractivity contribution in [3.05, 3.63) is 0 Å². The Labute approximate surface area is 320 Å². The molecule has 19 nitrogen and oxygen atoms in total. The maximum Gasteiger partial charge on any atom is 0.243 e. The molecule has 18 N–H and O–H groups in total. The average Bonchev–Trinajstić information content (AvgIpc) is 3.10. The summed E-state index contributed by atoms with van der Waals surface area (Å²) in [5.41, 5.74) is 37.9. The van der Waals surface area contributed by atoms with E-state index in [0.717, 1.165) is 19.3 Å². The van der Waals surface area contributed by atoms with Gasteiger partial charge in [-0.25, -0.2) is 0 Å². The summed E-state index contributed by atoms with van der Waals surface area (Å²) in [5, 5.41) is 10.7. The maximum atomic E-state index is 13.6. The summed E-state index contributed by atoms with van der Waals surface area (Å²) in [6, 6.07) is -3.28. The highest BCUT2D eigenvalue weighted by molar-refractivity contribution is 5.94. The number of hydrogen-bond acceptors (Lipinski definition) is 8. The van der Waals surface area contributed by atoms with Gasteiger partial charge in [0.15, 0.2) is 17.9 Å². The van der Waals surface area contributed by atoms with Crippen LogP contribution in [0.1, 0.15) is 129 Å². The highest BCUT2D eigenvalue weighted by atomic mass is 16.2. The molecule has 0 aromatic heterocycles. The number of aliphatic imine (C=N–C) groups is 3. The van der Waals surface area contributed by atoms with Gasteiger partial charge in [-0.1, -0.05) is 71.1 Å². The third-order valence-electron chi connectivity index (χ3n) is 8.46. The van der Waals surface area contributed by atoms with Crippen LogP contribution in [-0.2, 0) is 24.0 Å². The number of nitrogens with zero attached hydrogens (tertiary/aromatic N) is 3. The summed E-state index contributed by atoms with van der Waals surface area (Å²) < 4.78 is 0. The van der Waals surface area contributed by atoms with E-state index in [4.69, 9.17) is 40.1 Å². The van der Waals surface area contributed by atoms with Crippen LogP contribution < -0.4 is 61.4 Å². The van der Waals surface area contributed by atoms with Crippen molar-refractivity contribution < 1.29 is 24.0 Å². The van der Waals surface area contributed by atoms with E-state index in [1.165, 1.54) is 51.4 Å². The minimum absolute atomic E-state index is 0.0652. The minimum atomic E-state index is -1.14. The van der Waals surface area contributed by atoms with Crippen molar-refractivity contribution in [3.63, 3.8) is 0 Å². The summed E-state index contributed by atoms with van der Waals surface area (Å²) in [4.78, 5) is 76.0. The quantitative estimate of drug-likeness (QED) is 0.0225. The van der Waals surface area contributed by atoms with Gasteiger partial charge >= 0.3 is 0 Å². The van der Waals surface area contributed by atoms with Crippen LogP contribution in [0.3, 0.4) is 0 Å². The highest BCUT2D eigenvalue weighted by Gasteiger charge is 2.29. The lowest BCUT2D eigenvalue weighted by atomic mass is 10.1. The topological polar surface area (TPSA) is 353 Å². The predicted octanol–water partition coefficient (Wildman–Crippen LogP) is -0.706.